The molecule has 0 unspecified atom stereocenters. The van der Waals surface area contributed by atoms with Crippen LogP contribution in [0.3, 0.4) is 0 Å². The largest absolute Gasteiger partial charge is 0.461 e. The minimum absolute atomic E-state index is 0.00331. The number of ether oxygens (including phenoxy) is 1. The van der Waals surface area contributed by atoms with Crippen LogP contribution in [0.15, 0.2) is 71.9 Å². The van der Waals surface area contributed by atoms with E-state index in [1.165, 1.54) is 28.7 Å². The SMILES string of the molecule is Cc1c(-c2ccncn2)nc(OC2CCN(c3ccc(CN4Cc5ccccc5C4)cc3)CC2)[nH]c1=O. The Morgan fingerprint density at radius 2 is 1.73 bits per heavy atom. The van der Waals surface area contributed by atoms with Crippen molar-refractivity contribution in [1.29, 1.82) is 0 Å². The molecule has 4 aromatic rings. The molecule has 2 aliphatic rings. The van der Waals surface area contributed by atoms with Gasteiger partial charge in [0.25, 0.3) is 11.6 Å². The van der Waals surface area contributed by atoms with Gasteiger partial charge in [0, 0.05) is 63.0 Å². The number of rotatable bonds is 6. The lowest BCUT2D eigenvalue weighted by atomic mass is 10.1. The van der Waals surface area contributed by atoms with Crippen LogP contribution in [0.25, 0.3) is 11.4 Å². The van der Waals surface area contributed by atoms with Gasteiger partial charge < -0.3 is 9.64 Å². The number of H-pyrrole nitrogens is 1. The van der Waals surface area contributed by atoms with Gasteiger partial charge in [-0.1, -0.05) is 36.4 Å². The van der Waals surface area contributed by atoms with E-state index in [0.29, 0.717) is 17.0 Å². The van der Waals surface area contributed by atoms with E-state index < -0.39 is 0 Å². The number of nitrogens with zero attached hydrogens (tertiary/aromatic N) is 5. The molecule has 1 N–H and O–H groups in total. The number of hydrogen-bond acceptors (Lipinski definition) is 7. The Bertz CT molecular complexity index is 1400. The van der Waals surface area contributed by atoms with Gasteiger partial charge in [-0.2, -0.15) is 4.98 Å². The number of fused-ring (bicyclic) bond motifs is 1. The molecule has 1 saturated heterocycles. The topological polar surface area (TPSA) is 87.2 Å². The molecule has 188 valence electrons. The zero-order valence-electron chi connectivity index (χ0n) is 20.9. The lowest BCUT2D eigenvalue weighted by Crippen LogP contribution is -2.38. The maximum absolute atomic E-state index is 12.5. The van der Waals surface area contributed by atoms with E-state index in [-0.39, 0.29) is 17.7 Å². The number of aromatic amines is 1. The minimum atomic E-state index is -0.214. The first-order valence-corrected chi connectivity index (χ1v) is 12.8. The molecule has 1 fully saturated rings. The molecule has 0 atom stereocenters. The highest BCUT2D eigenvalue weighted by Crippen LogP contribution is 2.26. The monoisotopic (exact) mass is 494 g/mol. The molecular formula is C29H30N6O2. The third-order valence-electron chi connectivity index (χ3n) is 7.29. The lowest BCUT2D eigenvalue weighted by Gasteiger charge is -2.33. The summed E-state index contributed by atoms with van der Waals surface area (Å²) in [5, 5.41) is 0. The zero-order valence-corrected chi connectivity index (χ0v) is 20.9. The third-order valence-corrected chi connectivity index (χ3v) is 7.29. The Morgan fingerprint density at radius 1 is 1.00 bits per heavy atom. The summed E-state index contributed by atoms with van der Waals surface area (Å²) >= 11 is 0. The molecule has 0 saturated carbocycles. The predicted octanol–water partition coefficient (Wildman–Crippen LogP) is 4.10. The summed E-state index contributed by atoms with van der Waals surface area (Å²) in [6.07, 6.45) is 4.80. The zero-order chi connectivity index (χ0) is 25.2. The number of anilines is 1. The van der Waals surface area contributed by atoms with Crippen molar-refractivity contribution in [3.8, 4) is 17.4 Å². The molecular weight excluding hydrogens is 464 g/mol. The standard InChI is InChI=1S/C29H30N6O2/c1-20-27(26-10-13-30-19-31-26)32-29(33-28(20)36)37-25-11-14-35(15-12-25)24-8-6-21(7-9-24)16-34-17-22-4-2-3-5-23(22)18-34/h2-10,13,19,25H,11-12,14-18H2,1H3,(H,32,33,36). The maximum Gasteiger partial charge on any atom is 0.297 e. The summed E-state index contributed by atoms with van der Waals surface area (Å²) in [4.78, 5) is 32.9. The van der Waals surface area contributed by atoms with Crippen molar-refractivity contribution in [2.24, 2.45) is 0 Å². The van der Waals surface area contributed by atoms with Crippen LogP contribution in [0.5, 0.6) is 6.01 Å². The third kappa shape index (κ3) is 5.11. The van der Waals surface area contributed by atoms with Gasteiger partial charge in [0.1, 0.15) is 18.1 Å². The van der Waals surface area contributed by atoms with Gasteiger partial charge in [0.15, 0.2) is 0 Å². The fourth-order valence-electron chi connectivity index (χ4n) is 5.22. The maximum atomic E-state index is 12.5. The quantitative estimate of drug-likeness (QED) is 0.432. The summed E-state index contributed by atoms with van der Waals surface area (Å²) in [7, 11) is 0. The van der Waals surface area contributed by atoms with Gasteiger partial charge in [-0.15, -0.1) is 0 Å². The summed E-state index contributed by atoms with van der Waals surface area (Å²) in [6.45, 7) is 6.52. The van der Waals surface area contributed by atoms with Crippen LogP contribution in [0.4, 0.5) is 5.69 Å². The Balaban J connectivity index is 1.05. The molecule has 0 spiro atoms. The molecule has 0 amide bonds. The van der Waals surface area contributed by atoms with E-state index in [0.717, 1.165) is 45.6 Å². The second-order valence-corrected chi connectivity index (χ2v) is 9.82. The normalized spacial score (nSPS) is 16.1. The molecule has 0 bridgehead atoms. The van der Waals surface area contributed by atoms with Crippen LogP contribution in [-0.4, -0.2) is 44.0 Å². The van der Waals surface area contributed by atoms with Crippen LogP contribution in [0.2, 0.25) is 0 Å². The van der Waals surface area contributed by atoms with E-state index in [1.807, 2.05) is 0 Å². The van der Waals surface area contributed by atoms with Crippen molar-refractivity contribution in [3.63, 3.8) is 0 Å². The van der Waals surface area contributed by atoms with Crippen LogP contribution >= 0.6 is 0 Å². The van der Waals surface area contributed by atoms with Gasteiger partial charge in [-0.3, -0.25) is 14.7 Å². The average Bonchev–Trinajstić information content (AvgIpc) is 3.34. The lowest BCUT2D eigenvalue weighted by molar-refractivity contribution is 0.156. The summed E-state index contributed by atoms with van der Waals surface area (Å²) in [6, 6.07) is 19.7. The van der Waals surface area contributed by atoms with Crippen molar-refractivity contribution in [2.45, 2.75) is 45.5 Å². The Hall–Kier alpha value is -4.04. The number of piperidine rings is 1. The van der Waals surface area contributed by atoms with Crippen LogP contribution < -0.4 is 15.2 Å². The van der Waals surface area contributed by atoms with E-state index >= 15 is 0 Å². The first-order valence-electron chi connectivity index (χ1n) is 12.8. The number of nitrogens with one attached hydrogen (secondary N) is 1. The van der Waals surface area contributed by atoms with E-state index in [1.54, 1.807) is 19.2 Å². The van der Waals surface area contributed by atoms with Crippen LogP contribution in [-0.2, 0) is 19.6 Å². The molecule has 8 heteroatoms. The molecule has 2 aromatic heterocycles. The Morgan fingerprint density at radius 3 is 2.41 bits per heavy atom. The smallest absolute Gasteiger partial charge is 0.297 e. The number of benzene rings is 2. The van der Waals surface area contributed by atoms with Gasteiger partial charge in [-0.05, 0) is 41.8 Å². The Labute approximate surface area is 216 Å². The highest BCUT2D eigenvalue weighted by atomic mass is 16.5. The second-order valence-electron chi connectivity index (χ2n) is 9.82. The minimum Gasteiger partial charge on any atom is -0.461 e. The van der Waals surface area contributed by atoms with Gasteiger partial charge in [-0.25, -0.2) is 9.97 Å². The van der Waals surface area contributed by atoms with E-state index in [9.17, 15) is 4.79 Å². The molecule has 6 rings (SSSR count). The molecule has 4 heterocycles. The fraction of sp³-hybridized carbons (Fsp3) is 0.310. The molecule has 0 aliphatic carbocycles. The molecule has 37 heavy (non-hydrogen) atoms. The van der Waals surface area contributed by atoms with Crippen molar-refractivity contribution < 1.29 is 4.74 Å². The van der Waals surface area contributed by atoms with Crippen LogP contribution in [0, 0.1) is 6.92 Å². The summed E-state index contributed by atoms with van der Waals surface area (Å²) < 4.78 is 6.12. The van der Waals surface area contributed by atoms with Crippen molar-refractivity contribution in [1.82, 2.24) is 24.8 Å². The molecule has 2 aromatic carbocycles. The van der Waals surface area contributed by atoms with Crippen molar-refractivity contribution in [2.75, 3.05) is 18.0 Å². The number of aromatic nitrogens is 4. The fourth-order valence-corrected chi connectivity index (χ4v) is 5.22. The highest BCUT2D eigenvalue weighted by Gasteiger charge is 2.23. The van der Waals surface area contributed by atoms with E-state index in [2.05, 4.69) is 78.3 Å². The van der Waals surface area contributed by atoms with E-state index in [4.69, 9.17) is 4.74 Å². The second kappa shape index (κ2) is 10.1. The Kier molecular flexibility index (Phi) is 6.40. The van der Waals surface area contributed by atoms with Gasteiger partial charge in [0.2, 0.25) is 0 Å². The van der Waals surface area contributed by atoms with Gasteiger partial charge >= 0.3 is 0 Å². The first kappa shape index (κ1) is 23.4. The van der Waals surface area contributed by atoms with Gasteiger partial charge in [0.05, 0.1) is 5.69 Å². The average molecular weight is 495 g/mol. The summed E-state index contributed by atoms with van der Waals surface area (Å²) in [5.41, 5.74) is 6.89. The number of hydrogen-bond donors (Lipinski definition) is 1. The predicted molar refractivity (Wildman–Crippen MR) is 142 cm³/mol. The molecule has 0 radical (unpaired) electrons. The first-order chi connectivity index (χ1) is 18.1. The molecule has 8 nitrogen and oxygen atoms in total. The summed E-state index contributed by atoms with van der Waals surface area (Å²) in [5.74, 6) is 0. The van der Waals surface area contributed by atoms with Crippen LogP contribution in [0.1, 0.15) is 35.1 Å². The molecule has 2 aliphatic heterocycles. The highest BCUT2D eigenvalue weighted by molar-refractivity contribution is 5.57. The van der Waals surface area contributed by atoms with Crippen molar-refractivity contribution >= 4 is 5.69 Å². The van der Waals surface area contributed by atoms with Crippen molar-refractivity contribution in [3.05, 3.63) is 99.7 Å².